The number of hydrogen-bond donors (Lipinski definition) is 1. The van der Waals surface area contributed by atoms with Gasteiger partial charge in [0.15, 0.2) is 11.5 Å². The molecule has 3 aromatic carbocycles. The predicted molar refractivity (Wildman–Crippen MR) is 149 cm³/mol. The number of anilines is 1. The second-order valence-electron chi connectivity index (χ2n) is 9.08. The molecule has 40 heavy (non-hydrogen) atoms. The van der Waals surface area contributed by atoms with E-state index in [9.17, 15) is 9.59 Å². The molecule has 11 heteroatoms. The minimum Gasteiger partial charge on any atom is -0.497 e. The van der Waals surface area contributed by atoms with Gasteiger partial charge in [0.25, 0.3) is 5.91 Å². The SMILES string of the molecule is COc1ccc(CN(C(=O)Cn2nnc3ccccc32)C(C(=O)Nc2ccc3c(c2)OCO3)c2cccs2)cc1. The van der Waals surface area contributed by atoms with E-state index in [2.05, 4.69) is 15.6 Å². The van der Waals surface area contributed by atoms with Crippen molar-refractivity contribution in [2.45, 2.75) is 19.1 Å². The van der Waals surface area contributed by atoms with Gasteiger partial charge in [0, 0.05) is 23.2 Å². The van der Waals surface area contributed by atoms with Gasteiger partial charge in [-0.2, -0.15) is 0 Å². The lowest BCUT2D eigenvalue weighted by Crippen LogP contribution is -2.42. The number of rotatable bonds is 9. The summed E-state index contributed by atoms with van der Waals surface area (Å²) in [5.74, 6) is 1.22. The Morgan fingerprint density at radius 3 is 2.67 bits per heavy atom. The van der Waals surface area contributed by atoms with E-state index in [0.29, 0.717) is 28.5 Å². The second kappa shape index (κ2) is 11.1. The highest BCUT2D eigenvalue weighted by molar-refractivity contribution is 7.10. The Morgan fingerprint density at radius 2 is 1.88 bits per heavy atom. The Labute approximate surface area is 233 Å². The van der Waals surface area contributed by atoms with Crippen LogP contribution in [0.25, 0.3) is 11.0 Å². The highest BCUT2D eigenvalue weighted by atomic mass is 32.1. The molecule has 0 aliphatic carbocycles. The fraction of sp³-hybridized carbons (Fsp3) is 0.172. The number of carbonyl (C=O) groups is 2. The van der Waals surface area contributed by atoms with E-state index in [1.807, 2.05) is 66.0 Å². The predicted octanol–water partition coefficient (Wildman–Crippen LogP) is 4.64. The molecule has 1 unspecified atom stereocenters. The van der Waals surface area contributed by atoms with Crippen LogP contribution in [-0.2, 0) is 22.7 Å². The van der Waals surface area contributed by atoms with E-state index < -0.39 is 6.04 Å². The number of thiophene rings is 1. The number of aromatic nitrogens is 3. The third-order valence-electron chi connectivity index (χ3n) is 6.55. The van der Waals surface area contributed by atoms with E-state index in [0.717, 1.165) is 16.0 Å². The number of methoxy groups -OCH3 is 1. The number of amides is 2. The van der Waals surface area contributed by atoms with Crippen LogP contribution in [0.15, 0.2) is 84.2 Å². The number of benzene rings is 3. The Balaban J connectivity index is 1.35. The van der Waals surface area contributed by atoms with Gasteiger partial charge >= 0.3 is 0 Å². The van der Waals surface area contributed by atoms with Gasteiger partial charge in [0.1, 0.15) is 23.9 Å². The molecule has 0 saturated carbocycles. The molecule has 3 heterocycles. The summed E-state index contributed by atoms with van der Waals surface area (Å²) in [4.78, 5) is 30.3. The van der Waals surface area contributed by atoms with Crippen molar-refractivity contribution in [3.63, 3.8) is 0 Å². The van der Waals surface area contributed by atoms with Gasteiger partial charge < -0.3 is 24.4 Å². The highest BCUT2D eigenvalue weighted by Crippen LogP contribution is 2.35. The van der Waals surface area contributed by atoms with E-state index in [1.54, 1.807) is 34.9 Å². The number of fused-ring (bicyclic) bond motifs is 2. The molecule has 6 rings (SSSR count). The fourth-order valence-electron chi connectivity index (χ4n) is 4.56. The smallest absolute Gasteiger partial charge is 0.252 e. The van der Waals surface area contributed by atoms with Crippen LogP contribution in [0.2, 0.25) is 0 Å². The Hall–Kier alpha value is -4.90. The van der Waals surface area contributed by atoms with Crippen LogP contribution in [0.4, 0.5) is 5.69 Å². The first kappa shape index (κ1) is 25.4. The summed E-state index contributed by atoms with van der Waals surface area (Å²) in [5, 5.41) is 13.2. The zero-order valence-corrected chi connectivity index (χ0v) is 22.3. The molecule has 1 aliphatic heterocycles. The quantitative estimate of drug-likeness (QED) is 0.282. The monoisotopic (exact) mass is 555 g/mol. The molecule has 1 atom stereocenters. The van der Waals surface area contributed by atoms with E-state index >= 15 is 0 Å². The van der Waals surface area contributed by atoms with Gasteiger partial charge in [-0.25, -0.2) is 4.68 Å². The average molecular weight is 556 g/mol. The van der Waals surface area contributed by atoms with Crippen molar-refractivity contribution in [1.82, 2.24) is 19.9 Å². The molecule has 1 N–H and O–H groups in total. The van der Waals surface area contributed by atoms with Crippen LogP contribution in [0.3, 0.4) is 0 Å². The molecule has 1 aliphatic rings. The van der Waals surface area contributed by atoms with Crippen molar-refractivity contribution in [2.24, 2.45) is 0 Å². The fourth-order valence-corrected chi connectivity index (χ4v) is 5.39. The summed E-state index contributed by atoms with van der Waals surface area (Å²) in [5.41, 5.74) is 2.80. The molecule has 0 bridgehead atoms. The van der Waals surface area contributed by atoms with Gasteiger partial charge in [-0.15, -0.1) is 16.4 Å². The average Bonchev–Trinajstić information content (AvgIpc) is 3.75. The second-order valence-corrected chi connectivity index (χ2v) is 10.1. The van der Waals surface area contributed by atoms with E-state index in [1.165, 1.54) is 11.3 Å². The molecule has 10 nitrogen and oxygen atoms in total. The van der Waals surface area contributed by atoms with Gasteiger partial charge in [-0.1, -0.05) is 35.5 Å². The zero-order chi connectivity index (χ0) is 27.5. The third kappa shape index (κ3) is 5.19. The molecule has 5 aromatic rings. The lowest BCUT2D eigenvalue weighted by molar-refractivity contribution is -0.140. The maximum absolute atomic E-state index is 14.0. The van der Waals surface area contributed by atoms with Crippen LogP contribution in [0, 0.1) is 0 Å². The van der Waals surface area contributed by atoms with Crippen LogP contribution >= 0.6 is 11.3 Å². The van der Waals surface area contributed by atoms with Crippen LogP contribution in [0.1, 0.15) is 16.5 Å². The molecule has 2 amide bonds. The van der Waals surface area contributed by atoms with Crippen molar-refractivity contribution in [2.75, 3.05) is 19.2 Å². The summed E-state index contributed by atoms with van der Waals surface area (Å²) in [7, 11) is 1.60. The molecular formula is C29H25N5O5S. The number of ether oxygens (including phenoxy) is 3. The molecule has 202 valence electrons. The van der Waals surface area contributed by atoms with Gasteiger partial charge in [0.2, 0.25) is 12.7 Å². The Bertz CT molecular complexity index is 1650. The maximum Gasteiger partial charge on any atom is 0.252 e. The van der Waals surface area contributed by atoms with Crippen LogP contribution in [0.5, 0.6) is 17.2 Å². The first-order valence-corrected chi connectivity index (χ1v) is 13.4. The summed E-state index contributed by atoms with van der Waals surface area (Å²) in [6.07, 6.45) is 0. The number of nitrogens with zero attached hydrogens (tertiary/aromatic N) is 4. The topological polar surface area (TPSA) is 108 Å². The summed E-state index contributed by atoms with van der Waals surface area (Å²) in [6, 6.07) is 22.9. The highest BCUT2D eigenvalue weighted by Gasteiger charge is 2.33. The van der Waals surface area contributed by atoms with Gasteiger partial charge in [-0.3, -0.25) is 9.59 Å². The third-order valence-corrected chi connectivity index (χ3v) is 7.48. The van der Waals surface area contributed by atoms with Crippen molar-refractivity contribution >= 4 is 39.9 Å². The lowest BCUT2D eigenvalue weighted by Gasteiger charge is -2.31. The maximum atomic E-state index is 14.0. The Kier molecular flexibility index (Phi) is 7.02. The number of para-hydroxylation sites is 1. The molecule has 0 saturated heterocycles. The summed E-state index contributed by atoms with van der Waals surface area (Å²) in [6.45, 7) is 0.230. The Morgan fingerprint density at radius 1 is 1.05 bits per heavy atom. The minimum absolute atomic E-state index is 0.0875. The molecular weight excluding hydrogens is 530 g/mol. The molecule has 0 fully saturated rings. The first-order chi connectivity index (χ1) is 19.6. The van der Waals surface area contributed by atoms with E-state index in [-0.39, 0.29) is 31.7 Å². The standard InChI is InChI=1S/C29H25N5O5S/c1-37-21-11-8-19(9-12-21)16-33(27(35)17-34-23-6-3-2-5-22(23)31-32-34)28(26-7-4-14-40-26)29(36)30-20-10-13-24-25(15-20)39-18-38-24/h2-15,28H,16-18H2,1H3,(H,30,36). The number of hydrogen-bond acceptors (Lipinski definition) is 8. The lowest BCUT2D eigenvalue weighted by atomic mass is 10.1. The number of nitrogens with one attached hydrogen (secondary N) is 1. The molecule has 0 radical (unpaired) electrons. The first-order valence-electron chi connectivity index (χ1n) is 12.5. The van der Waals surface area contributed by atoms with Crippen molar-refractivity contribution in [3.8, 4) is 17.2 Å². The van der Waals surface area contributed by atoms with E-state index in [4.69, 9.17) is 14.2 Å². The largest absolute Gasteiger partial charge is 0.497 e. The van der Waals surface area contributed by atoms with Crippen LogP contribution in [-0.4, -0.2) is 45.6 Å². The molecule has 0 spiro atoms. The normalized spacial score (nSPS) is 12.7. The van der Waals surface area contributed by atoms with Crippen molar-refractivity contribution in [1.29, 1.82) is 0 Å². The van der Waals surface area contributed by atoms with Crippen molar-refractivity contribution < 1.29 is 23.8 Å². The van der Waals surface area contributed by atoms with Crippen molar-refractivity contribution in [3.05, 3.63) is 94.7 Å². The van der Waals surface area contributed by atoms with Gasteiger partial charge in [0.05, 0.1) is 12.6 Å². The zero-order valence-electron chi connectivity index (χ0n) is 21.5. The number of carbonyl (C=O) groups excluding carboxylic acids is 2. The van der Waals surface area contributed by atoms with Crippen LogP contribution < -0.4 is 19.5 Å². The molecule has 2 aromatic heterocycles. The van der Waals surface area contributed by atoms with Gasteiger partial charge in [-0.05, 0) is 53.4 Å². The minimum atomic E-state index is -0.908. The summed E-state index contributed by atoms with van der Waals surface area (Å²) >= 11 is 1.41. The summed E-state index contributed by atoms with van der Waals surface area (Å²) < 4.78 is 17.7.